The zero-order chi connectivity index (χ0) is 14.4. The number of rotatable bonds is 7. The fourth-order valence-electron chi connectivity index (χ4n) is 1.95. The molecule has 0 aliphatic rings. The monoisotopic (exact) mass is 267 g/mol. The van der Waals surface area contributed by atoms with Crippen LogP contribution in [-0.2, 0) is 4.79 Å². The number of benzene rings is 1. The van der Waals surface area contributed by atoms with Crippen LogP contribution >= 0.6 is 0 Å². The van der Waals surface area contributed by atoms with Crippen LogP contribution in [0.4, 0.5) is 5.69 Å². The van der Waals surface area contributed by atoms with Crippen LogP contribution < -0.4 is 14.8 Å². The molecular weight excluding hydrogens is 246 g/mol. The van der Waals surface area contributed by atoms with Crippen LogP contribution in [-0.4, -0.2) is 31.8 Å². The minimum atomic E-state index is -0.785. The number of carboxylic acids is 1. The van der Waals surface area contributed by atoms with Crippen molar-refractivity contribution in [2.75, 3.05) is 26.1 Å². The summed E-state index contributed by atoms with van der Waals surface area (Å²) in [5.41, 5.74) is 1.76. The van der Waals surface area contributed by atoms with Gasteiger partial charge >= 0.3 is 5.97 Å². The van der Waals surface area contributed by atoms with Gasteiger partial charge in [-0.05, 0) is 25.0 Å². The maximum absolute atomic E-state index is 10.6. The quantitative estimate of drug-likeness (QED) is 0.794. The molecule has 0 aliphatic heterocycles. The minimum absolute atomic E-state index is 0.0459. The Hall–Kier alpha value is -1.91. The van der Waals surface area contributed by atoms with E-state index in [1.165, 1.54) is 0 Å². The number of nitrogens with one attached hydrogen (secondary N) is 1. The molecule has 0 heterocycles. The maximum atomic E-state index is 10.6. The van der Waals surface area contributed by atoms with Crippen molar-refractivity contribution in [2.45, 2.75) is 20.3 Å². The number of carbonyl (C=O) groups is 1. The molecule has 0 bridgehead atoms. The van der Waals surface area contributed by atoms with Gasteiger partial charge in [0.1, 0.15) is 11.5 Å². The molecule has 0 fully saturated rings. The molecular formula is C14H21NO4. The van der Waals surface area contributed by atoms with Crippen LogP contribution in [0.15, 0.2) is 12.1 Å². The fourth-order valence-corrected chi connectivity index (χ4v) is 1.95. The molecule has 106 valence electrons. The van der Waals surface area contributed by atoms with E-state index in [0.717, 1.165) is 22.7 Å². The maximum Gasteiger partial charge on any atom is 0.303 e. The Kier molecular flexibility index (Phi) is 5.48. The van der Waals surface area contributed by atoms with E-state index >= 15 is 0 Å². The van der Waals surface area contributed by atoms with Crippen LogP contribution in [0.25, 0.3) is 0 Å². The summed E-state index contributed by atoms with van der Waals surface area (Å²) in [5, 5.41) is 11.9. The molecule has 19 heavy (non-hydrogen) atoms. The Morgan fingerprint density at radius 2 is 2.05 bits per heavy atom. The molecule has 0 spiro atoms. The lowest BCUT2D eigenvalue weighted by Crippen LogP contribution is -2.15. The van der Waals surface area contributed by atoms with Crippen LogP contribution in [0.2, 0.25) is 0 Å². The van der Waals surface area contributed by atoms with Crippen molar-refractivity contribution in [2.24, 2.45) is 5.92 Å². The van der Waals surface area contributed by atoms with Gasteiger partial charge in [0.05, 0.1) is 19.9 Å². The summed E-state index contributed by atoms with van der Waals surface area (Å²) in [7, 11) is 3.22. The van der Waals surface area contributed by atoms with Crippen molar-refractivity contribution in [3.8, 4) is 11.5 Å². The van der Waals surface area contributed by atoms with Gasteiger partial charge in [0.2, 0.25) is 0 Å². The fraction of sp³-hybridized carbons (Fsp3) is 0.500. The molecule has 1 aromatic carbocycles. The van der Waals surface area contributed by atoms with Crippen molar-refractivity contribution in [3.05, 3.63) is 17.7 Å². The molecule has 5 heteroatoms. The number of hydrogen-bond donors (Lipinski definition) is 2. The second-order valence-corrected chi connectivity index (χ2v) is 4.56. The summed E-state index contributed by atoms with van der Waals surface area (Å²) >= 11 is 0. The summed E-state index contributed by atoms with van der Waals surface area (Å²) in [6.07, 6.45) is 0.143. The molecule has 0 radical (unpaired) electrons. The van der Waals surface area contributed by atoms with Gasteiger partial charge in [0.25, 0.3) is 0 Å². The molecule has 0 amide bonds. The van der Waals surface area contributed by atoms with Crippen LogP contribution in [0, 0.1) is 12.8 Å². The Labute approximate surface area is 113 Å². The molecule has 1 rings (SSSR count). The Balaban J connectivity index is 2.78. The second-order valence-electron chi connectivity index (χ2n) is 4.56. The van der Waals surface area contributed by atoms with E-state index in [0.29, 0.717) is 6.54 Å². The van der Waals surface area contributed by atoms with Gasteiger partial charge in [-0.15, -0.1) is 0 Å². The smallest absolute Gasteiger partial charge is 0.303 e. The summed E-state index contributed by atoms with van der Waals surface area (Å²) in [4.78, 5) is 10.6. The third-order valence-corrected chi connectivity index (χ3v) is 2.94. The number of ether oxygens (including phenoxy) is 2. The van der Waals surface area contributed by atoms with Gasteiger partial charge in [0, 0.05) is 18.5 Å². The molecule has 1 atom stereocenters. The Bertz CT molecular complexity index is 445. The van der Waals surface area contributed by atoms with Gasteiger partial charge in [-0.3, -0.25) is 4.79 Å². The highest BCUT2D eigenvalue weighted by Crippen LogP contribution is 2.34. The van der Waals surface area contributed by atoms with Crippen molar-refractivity contribution in [1.82, 2.24) is 0 Å². The van der Waals surface area contributed by atoms with E-state index in [9.17, 15) is 4.79 Å². The lowest BCUT2D eigenvalue weighted by Gasteiger charge is -2.17. The minimum Gasteiger partial charge on any atom is -0.496 e. The second kappa shape index (κ2) is 6.87. The predicted molar refractivity (Wildman–Crippen MR) is 74.2 cm³/mol. The number of anilines is 1. The molecule has 1 unspecified atom stereocenters. The summed E-state index contributed by atoms with van der Waals surface area (Å²) in [6, 6.07) is 3.74. The lowest BCUT2D eigenvalue weighted by molar-refractivity contribution is -0.137. The van der Waals surface area contributed by atoms with Crippen LogP contribution in [0.3, 0.4) is 0 Å². The summed E-state index contributed by atoms with van der Waals surface area (Å²) in [5.74, 6) is 0.750. The number of carboxylic acid groups (broad SMARTS) is 1. The van der Waals surface area contributed by atoms with Gasteiger partial charge in [0.15, 0.2) is 0 Å². The molecule has 5 nitrogen and oxygen atoms in total. The first kappa shape index (κ1) is 15.1. The van der Waals surface area contributed by atoms with E-state index in [-0.39, 0.29) is 12.3 Å². The SMILES string of the molecule is COc1ccc(NCC(C)CC(=O)O)c(OC)c1C. The average Bonchev–Trinajstić information content (AvgIpc) is 2.35. The summed E-state index contributed by atoms with van der Waals surface area (Å²) in [6.45, 7) is 4.39. The average molecular weight is 267 g/mol. The van der Waals surface area contributed by atoms with Crippen LogP contribution in [0.5, 0.6) is 11.5 Å². The van der Waals surface area contributed by atoms with Crippen molar-refractivity contribution in [1.29, 1.82) is 0 Å². The lowest BCUT2D eigenvalue weighted by atomic mass is 10.1. The highest BCUT2D eigenvalue weighted by molar-refractivity contribution is 5.67. The first-order chi connectivity index (χ1) is 8.99. The zero-order valence-corrected chi connectivity index (χ0v) is 11.8. The Morgan fingerprint density at radius 3 is 2.58 bits per heavy atom. The third-order valence-electron chi connectivity index (χ3n) is 2.94. The van der Waals surface area contributed by atoms with E-state index < -0.39 is 5.97 Å². The normalized spacial score (nSPS) is 11.8. The van der Waals surface area contributed by atoms with Crippen LogP contribution in [0.1, 0.15) is 18.9 Å². The van der Waals surface area contributed by atoms with Gasteiger partial charge in [-0.1, -0.05) is 6.92 Å². The number of aliphatic carboxylic acids is 1. The highest BCUT2D eigenvalue weighted by atomic mass is 16.5. The third kappa shape index (κ3) is 4.05. The van der Waals surface area contributed by atoms with Crippen molar-refractivity contribution >= 4 is 11.7 Å². The molecule has 0 aromatic heterocycles. The largest absolute Gasteiger partial charge is 0.496 e. The van der Waals surface area contributed by atoms with Crippen molar-refractivity contribution in [3.63, 3.8) is 0 Å². The van der Waals surface area contributed by atoms with E-state index in [1.54, 1.807) is 14.2 Å². The zero-order valence-electron chi connectivity index (χ0n) is 11.8. The van der Waals surface area contributed by atoms with E-state index in [4.69, 9.17) is 14.6 Å². The van der Waals surface area contributed by atoms with E-state index in [2.05, 4.69) is 5.32 Å². The topological polar surface area (TPSA) is 67.8 Å². The molecule has 2 N–H and O–H groups in total. The van der Waals surface area contributed by atoms with Gasteiger partial charge in [-0.2, -0.15) is 0 Å². The first-order valence-corrected chi connectivity index (χ1v) is 6.16. The Morgan fingerprint density at radius 1 is 1.37 bits per heavy atom. The first-order valence-electron chi connectivity index (χ1n) is 6.16. The molecule has 0 saturated carbocycles. The number of hydrogen-bond acceptors (Lipinski definition) is 4. The standard InChI is InChI=1S/C14H21NO4/c1-9(7-13(16)17)8-15-11-5-6-12(18-3)10(2)14(11)19-4/h5-6,9,15H,7-8H2,1-4H3,(H,16,17). The van der Waals surface area contributed by atoms with Gasteiger partial charge < -0.3 is 19.9 Å². The molecule has 0 saturated heterocycles. The van der Waals surface area contributed by atoms with E-state index in [1.807, 2.05) is 26.0 Å². The number of methoxy groups -OCH3 is 2. The molecule has 0 aliphatic carbocycles. The van der Waals surface area contributed by atoms with Crippen molar-refractivity contribution < 1.29 is 19.4 Å². The molecule has 1 aromatic rings. The summed E-state index contributed by atoms with van der Waals surface area (Å²) < 4.78 is 10.6. The highest BCUT2D eigenvalue weighted by Gasteiger charge is 2.13. The predicted octanol–water partition coefficient (Wildman–Crippen LogP) is 2.53. The van der Waals surface area contributed by atoms with Gasteiger partial charge in [-0.25, -0.2) is 0 Å².